The number of nitrogens with one attached hydrogen (secondary N) is 2. The molecule has 2 aliphatic rings. The Labute approximate surface area is 134 Å². The molecule has 0 radical (unpaired) electrons. The van der Waals surface area contributed by atoms with Gasteiger partial charge in [-0.05, 0) is 45.7 Å². The number of hydrogen-bond acceptors (Lipinski definition) is 4. The molecule has 128 valence electrons. The van der Waals surface area contributed by atoms with Gasteiger partial charge in [-0.2, -0.15) is 0 Å². The smallest absolute Gasteiger partial charge is 0.191 e. The molecule has 0 aromatic rings. The minimum Gasteiger partial charge on any atom is -0.382 e. The van der Waals surface area contributed by atoms with Gasteiger partial charge in [0.05, 0.1) is 19.8 Å². The van der Waals surface area contributed by atoms with Crippen LogP contribution in [0.25, 0.3) is 0 Å². The number of methoxy groups -OCH3 is 1. The second-order valence-electron chi connectivity index (χ2n) is 6.27. The Morgan fingerprint density at radius 3 is 2.77 bits per heavy atom. The molecule has 2 fully saturated rings. The highest BCUT2D eigenvalue weighted by molar-refractivity contribution is 5.80. The molecule has 1 aliphatic heterocycles. The highest BCUT2D eigenvalue weighted by Gasteiger charge is 2.23. The SMILES string of the molecule is COCCOCCCNC(=NC[C@H]1CCCN1C)NC1CC1. The fraction of sp³-hybridized carbons (Fsp3) is 0.938. The summed E-state index contributed by atoms with van der Waals surface area (Å²) in [5, 5.41) is 6.93. The van der Waals surface area contributed by atoms with Crippen molar-refractivity contribution in [2.45, 2.75) is 44.2 Å². The molecular weight excluding hydrogens is 280 g/mol. The Morgan fingerprint density at radius 2 is 2.09 bits per heavy atom. The van der Waals surface area contributed by atoms with Crippen LogP contribution in [-0.2, 0) is 9.47 Å². The first-order valence-corrected chi connectivity index (χ1v) is 8.61. The molecule has 0 spiro atoms. The second kappa shape index (κ2) is 10.0. The van der Waals surface area contributed by atoms with Crippen molar-refractivity contribution in [3.05, 3.63) is 0 Å². The van der Waals surface area contributed by atoms with Crippen LogP contribution in [0.5, 0.6) is 0 Å². The number of hydrogen-bond donors (Lipinski definition) is 2. The maximum atomic E-state index is 5.47. The maximum Gasteiger partial charge on any atom is 0.191 e. The molecule has 0 bridgehead atoms. The summed E-state index contributed by atoms with van der Waals surface area (Å²) in [5.41, 5.74) is 0. The minimum atomic E-state index is 0.607. The van der Waals surface area contributed by atoms with Crippen molar-refractivity contribution in [3.63, 3.8) is 0 Å². The van der Waals surface area contributed by atoms with Gasteiger partial charge >= 0.3 is 0 Å². The Morgan fingerprint density at radius 1 is 1.23 bits per heavy atom. The Kier molecular flexibility index (Phi) is 7.98. The van der Waals surface area contributed by atoms with Crippen molar-refractivity contribution >= 4 is 5.96 Å². The number of nitrogens with zero attached hydrogens (tertiary/aromatic N) is 2. The Bertz CT molecular complexity index is 334. The van der Waals surface area contributed by atoms with Crippen molar-refractivity contribution in [2.75, 3.05) is 53.6 Å². The van der Waals surface area contributed by atoms with Gasteiger partial charge in [-0.1, -0.05) is 0 Å². The molecule has 0 amide bonds. The number of ether oxygens (including phenoxy) is 2. The predicted molar refractivity (Wildman–Crippen MR) is 89.4 cm³/mol. The molecule has 6 heteroatoms. The molecule has 1 saturated heterocycles. The molecule has 2 rings (SSSR count). The summed E-state index contributed by atoms with van der Waals surface area (Å²) < 4.78 is 10.4. The van der Waals surface area contributed by atoms with E-state index in [1.54, 1.807) is 7.11 Å². The number of likely N-dealkylation sites (tertiary alicyclic amines) is 1. The summed E-state index contributed by atoms with van der Waals surface area (Å²) in [7, 11) is 3.89. The lowest BCUT2D eigenvalue weighted by molar-refractivity contribution is 0.0698. The minimum absolute atomic E-state index is 0.607. The van der Waals surface area contributed by atoms with Gasteiger partial charge < -0.3 is 25.0 Å². The van der Waals surface area contributed by atoms with E-state index in [4.69, 9.17) is 14.5 Å². The van der Waals surface area contributed by atoms with E-state index in [0.29, 0.717) is 25.3 Å². The van der Waals surface area contributed by atoms with Crippen LogP contribution in [0, 0.1) is 0 Å². The van der Waals surface area contributed by atoms with E-state index >= 15 is 0 Å². The molecule has 0 unspecified atom stereocenters. The largest absolute Gasteiger partial charge is 0.382 e. The van der Waals surface area contributed by atoms with Crippen molar-refractivity contribution < 1.29 is 9.47 Å². The summed E-state index contributed by atoms with van der Waals surface area (Å²) in [5.74, 6) is 0.972. The third-order valence-corrected chi connectivity index (χ3v) is 4.24. The first-order valence-electron chi connectivity index (χ1n) is 8.61. The van der Waals surface area contributed by atoms with E-state index < -0.39 is 0 Å². The molecule has 1 atom stereocenters. The van der Waals surface area contributed by atoms with E-state index in [1.165, 1.54) is 32.2 Å². The summed E-state index contributed by atoms with van der Waals surface area (Å²) in [6.07, 6.45) is 6.09. The monoisotopic (exact) mass is 312 g/mol. The van der Waals surface area contributed by atoms with Crippen molar-refractivity contribution in [3.8, 4) is 0 Å². The quantitative estimate of drug-likeness (QED) is 0.355. The van der Waals surface area contributed by atoms with Gasteiger partial charge in [-0.15, -0.1) is 0 Å². The van der Waals surface area contributed by atoms with Gasteiger partial charge in [0.1, 0.15) is 0 Å². The standard InChI is InChI=1S/C16H32N4O2/c1-20-9-3-5-15(20)13-18-16(19-14-6-7-14)17-8-4-10-22-12-11-21-2/h14-15H,3-13H2,1-2H3,(H2,17,18,19)/t15-/m1/s1. The molecule has 0 aromatic carbocycles. The zero-order chi connectivity index (χ0) is 15.6. The molecular formula is C16H32N4O2. The summed E-state index contributed by atoms with van der Waals surface area (Å²) in [6, 6.07) is 1.24. The van der Waals surface area contributed by atoms with Crippen LogP contribution in [0.3, 0.4) is 0 Å². The van der Waals surface area contributed by atoms with Crippen LogP contribution >= 0.6 is 0 Å². The van der Waals surface area contributed by atoms with Crippen LogP contribution in [0.1, 0.15) is 32.1 Å². The van der Waals surface area contributed by atoms with Crippen LogP contribution in [0.4, 0.5) is 0 Å². The third kappa shape index (κ3) is 6.94. The molecule has 1 aliphatic carbocycles. The van der Waals surface area contributed by atoms with E-state index in [2.05, 4.69) is 22.6 Å². The second-order valence-corrected chi connectivity index (χ2v) is 6.27. The zero-order valence-corrected chi connectivity index (χ0v) is 14.1. The van der Waals surface area contributed by atoms with Crippen LogP contribution in [0.15, 0.2) is 4.99 Å². The van der Waals surface area contributed by atoms with Crippen molar-refractivity contribution in [1.29, 1.82) is 0 Å². The first-order chi connectivity index (χ1) is 10.8. The Hall–Kier alpha value is -0.850. The van der Waals surface area contributed by atoms with Gasteiger partial charge in [0.25, 0.3) is 0 Å². The fourth-order valence-electron chi connectivity index (χ4n) is 2.61. The number of guanidine groups is 1. The molecule has 6 nitrogen and oxygen atoms in total. The van der Waals surface area contributed by atoms with Crippen LogP contribution < -0.4 is 10.6 Å². The Balaban J connectivity index is 1.62. The zero-order valence-electron chi connectivity index (χ0n) is 14.1. The lowest BCUT2D eigenvalue weighted by Crippen LogP contribution is -2.40. The highest BCUT2D eigenvalue weighted by Crippen LogP contribution is 2.18. The predicted octanol–water partition coefficient (Wildman–Crippen LogP) is 0.831. The van der Waals surface area contributed by atoms with Crippen molar-refractivity contribution in [2.24, 2.45) is 4.99 Å². The van der Waals surface area contributed by atoms with Gasteiger partial charge in [0, 0.05) is 32.3 Å². The highest BCUT2D eigenvalue weighted by atomic mass is 16.5. The average molecular weight is 312 g/mol. The summed E-state index contributed by atoms with van der Waals surface area (Å²) in [6.45, 7) is 5.09. The number of rotatable bonds is 10. The summed E-state index contributed by atoms with van der Waals surface area (Å²) >= 11 is 0. The van der Waals surface area contributed by atoms with Crippen LogP contribution in [-0.4, -0.2) is 76.6 Å². The maximum absolute atomic E-state index is 5.47. The van der Waals surface area contributed by atoms with Gasteiger partial charge in [0.2, 0.25) is 0 Å². The van der Waals surface area contributed by atoms with Gasteiger partial charge in [-0.25, -0.2) is 0 Å². The summed E-state index contributed by atoms with van der Waals surface area (Å²) in [4.78, 5) is 7.19. The van der Waals surface area contributed by atoms with E-state index in [1.807, 2.05) is 0 Å². The van der Waals surface area contributed by atoms with Gasteiger partial charge in [-0.3, -0.25) is 4.99 Å². The topological polar surface area (TPSA) is 58.1 Å². The first kappa shape index (κ1) is 17.5. The number of aliphatic imine (C=N–C) groups is 1. The van der Waals surface area contributed by atoms with E-state index in [9.17, 15) is 0 Å². The lowest BCUT2D eigenvalue weighted by Gasteiger charge is -2.18. The van der Waals surface area contributed by atoms with Gasteiger partial charge in [0.15, 0.2) is 5.96 Å². The molecule has 22 heavy (non-hydrogen) atoms. The van der Waals surface area contributed by atoms with Crippen molar-refractivity contribution in [1.82, 2.24) is 15.5 Å². The normalized spacial score (nSPS) is 23.0. The lowest BCUT2D eigenvalue weighted by atomic mass is 10.2. The number of likely N-dealkylation sites (N-methyl/N-ethyl adjacent to an activating group) is 1. The van der Waals surface area contributed by atoms with E-state index in [0.717, 1.165) is 32.1 Å². The average Bonchev–Trinajstić information content (AvgIpc) is 3.24. The third-order valence-electron chi connectivity index (χ3n) is 4.24. The molecule has 1 saturated carbocycles. The molecule has 1 heterocycles. The van der Waals surface area contributed by atoms with E-state index in [-0.39, 0.29) is 0 Å². The molecule has 2 N–H and O–H groups in total. The molecule has 0 aromatic heterocycles. The fourth-order valence-corrected chi connectivity index (χ4v) is 2.61. The van der Waals surface area contributed by atoms with Crippen LogP contribution in [0.2, 0.25) is 0 Å².